The molecule has 0 fully saturated rings. The number of carbonyl (C=O) groups is 4. The maximum Gasteiger partial charge on any atom is 0.416 e. The summed E-state index contributed by atoms with van der Waals surface area (Å²) in [7, 11) is 0. The van der Waals surface area contributed by atoms with Gasteiger partial charge in [-0.05, 0) is 135 Å². The number of para-hydroxylation sites is 1. The van der Waals surface area contributed by atoms with Crippen molar-refractivity contribution < 1.29 is 36.8 Å². The number of hydrogen-bond acceptors (Lipinski definition) is 6. The normalized spacial score (nSPS) is 11.8. The van der Waals surface area contributed by atoms with Crippen LogP contribution in [0.15, 0.2) is 95.4 Å². The van der Waals surface area contributed by atoms with Crippen LogP contribution in [0.3, 0.4) is 0 Å². The third-order valence-electron chi connectivity index (χ3n) is 8.83. The minimum Gasteiger partial charge on any atom is -0.451 e. The maximum atomic E-state index is 13.2. The Labute approximate surface area is 339 Å². The molecule has 304 valence electrons. The fraction of sp³-hybridized carbons (Fsp3) is 0.289. The molecule has 0 saturated heterocycles. The van der Waals surface area contributed by atoms with E-state index in [1.807, 2.05) is 90.9 Å². The highest BCUT2D eigenvalue weighted by atomic mass is 32.1. The van der Waals surface area contributed by atoms with Crippen LogP contribution in [0.4, 0.5) is 13.2 Å². The summed E-state index contributed by atoms with van der Waals surface area (Å²) < 4.78 is 45.1. The van der Waals surface area contributed by atoms with Gasteiger partial charge in [0.05, 0.1) is 21.5 Å². The number of carbonyl (C=O) groups excluding carboxylic acids is 4. The van der Waals surface area contributed by atoms with Crippen molar-refractivity contribution in [1.82, 2.24) is 20.9 Å². The summed E-state index contributed by atoms with van der Waals surface area (Å²) in [5.74, 6) is -1.48. The monoisotopic (exact) mass is 812 g/mol. The molecule has 2 heterocycles. The van der Waals surface area contributed by atoms with E-state index in [0.717, 1.165) is 51.1 Å². The summed E-state index contributed by atoms with van der Waals surface area (Å²) in [6.45, 7) is 18.6. The van der Waals surface area contributed by atoms with Gasteiger partial charge in [0.2, 0.25) is 0 Å². The lowest BCUT2D eigenvalue weighted by Crippen LogP contribution is -2.55. The van der Waals surface area contributed by atoms with Crippen molar-refractivity contribution in [1.29, 1.82) is 0 Å². The third kappa shape index (κ3) is 10.3. The standard InChI is InChI=1S/C23H23F3N2O2S.C22H24N2O3/c1-13-8-14(2)10-16(9-13)21(30)28(22(3,4)5)27-20(29)19-12-15-11-17(23(24,25)26)6-7-18(15)31-19;1-14-10-15(2)12-17(11-14)21(26)24(22(3,4)5)23-20(25)19-13-16-8-6-7-9-18(16)27-19/h6-12H,1-5H3,(H,27,29);6-13H,1-5H3,(H,23,25). The van der Waals surface area contributed by atoms with E-state index < -0.39 is 34.6 Å². The number of thiophene rings is 1. The Hall–Kier alpha value is -5.95. The van der Waals surface area contributed by atoms with Gasteiger partial charge in [-0.1, -0.05) is 52.6 Å². The summed E-state index contributed by atoms with van der Waals surface area (Å²) in [6, 6.07) is 24.9. The summed E-state index contributed by atoms with van der Waals surface area (Å²) in [5, 5.41) is 3.78. The van der Waals surface area contributed by atoms with Gasteiger partial charge >= 0.3 is 12.1 Å². The number of aryl methyl sites for hydroxylation is 4. The van der Waals surface area contributed by atoms with Gasteiger partial charge in [0.1, 0.15) is 5.58 Å². The number of nitrogens with one attached hydrogen (secondary N) is 2. The number of alkyl halides is 3. The van der Waals surface area contributed by atoms with E-state index in [1.54, 1.807) is 45.0 Å². The second kappa shape index (κ2) is 16.5. The zero-order valence-corrected chi connectivity index (χ0v) is 35.0. The van der Waals surface area contributed by atoms with Gasteiger partial charge in [-0.25, -0.2) is 10.0 Å². The van der Waals surface area contributed by atoms with E-state index in [9.17, 15) is 32.3 Å². The molecule has 0 spiro atoms. The predicted octanol–water partition coefficient (Wildman–Crippen LogP) is 10.8. The molecule has 0 saturated carbocycles. The van der Waals surface area contributed by atoms with Crippen molar-refractivity contribution in [3.63, 3.8) is 0 Å². The fourth-order valence-electron chi connectivity index (χ4n) is 6.24. The molecule has 0 unspecified atom stereocenters. The predicted molar refractivity (Wildman–Crippen MR) is 222 cm³/mol. The second-order valence-electron chi connectivity index (χ2n) is 16.3. The van der Waals surface area contributed by atoms with Gasteiger partial charge < -0.3 is 4.42 Å². The van der Waals surface area contributed by atoms with Gasteiger partial charge in [-0.2, -0.15) is 13.2 Å². The summed E-state index contributed by atoms with van der Waals surface area (Å²) in [5.41, 5.74) is 8.70. The molecule has 0 aliphatic carbocycles. The van der Waals surface area contributed by atoms with Gasteiger partial charge in [-0.15, -0.1) is 11.3 Å². The van der Waals surface area contributed by atoms with Gasteiger partial charge in [0, 0.05) is 21.2 Å². The van der Waals surface area contributed by atoms with Crippen LogP contribution in [0.25, 0.3) is 21.1 Å². The van der Waals surface area contributed by atoms with Crippen molar-refractivity contribution in [3.8, 4) is 0 Å². The number of halogens is 3. The number of rotatable bonds is 4. The van der Waals surface area contributed by atoms with Crippen LogP contribution in [0, 0.1) is 27.7 Å². The number of fused-ring (bicyclic) bond motifs is 2. The smallest absolute Gasteiger partial charge is 0.416 e. The fourth-order valence-corrected chi connectivity index (χ4v) is 7.17. The summed E-state index contributed by atoms with van der Waals surface area (Å²) >= 11 is 1.07. The van der Waals surface area contributed by atoms with Crippen molar-refractivity contribution >= 4 is 56.0 Å². The summed E-state index contributed by atoms with van der Waals surface area (Å²) in [6.07, 6.45) is -4.46. The Morgan fingerprint density at radius 3 is 1.53 bits per heavy atom. The highest BCUT2D eigenvalue weighted by molar-refractivity contribution is 7.20. The molecule has 2 aromatic heterocycles. The van der Waals surface area contributed by atoms with Crippen molar-refractivity contribution in [2.24, 2.45) is 0 Å². The lowest BCUT2D eigenvalue weighted by atomic mass is 10.0. The van der Waals surface area contributed by atoms with Crippen LogP contribution < -0.4 is 10.9 Å². The molecule has 2 N–H and O–H groups in total. The molecule has 0 aliphatic rings. The van der Waals surface area contributed by atoms with E-state index in [1.165, 1.54) is 22.2 Å². The molecule has 0 aliphatic heterocycles. The number of benzene rings is 4. The molecule has 9 nitrogen and oxygen atoms in total. The first-order valence-corrected chi connectivity index (χ1v) is 19.3. The lowest BCUT2D eigenvalue weighted by molar-refractivity contribution is -0.137. The van der Waals surface area contributed by atoms with Crippen molar-refractivity contribution in [2.45, 2.75) is 86.5 Å². The molecule has 58 heavy (non-hydrogen) atoms. The zero-order valence-electron chi connectivity index (χ0n) is 34.1. The van der Waals surface area contributed by atoms with E-state index >= 15 is 0 Å². The first-order valence-electron chi connectivity index (χ1n) is 18.5. The second-order valence-corrected chi connectivity index (χ2v) is 17.4. The van der Waals surface area contributed by atoms with Crippen LogP contribution in [0.2, 0.25) is 0 Å². The highest BCUT2D eigenvalue weighted by Crippen LogP contribution is 2.34. The molecule has 0 atom stereocenters. The van der Waals surface area contributed by atoms with E-state index in [2.05, 4.69) is 10.9 Å². The Kier molecular flexibility index (Phi) is 12.3. The zero-order chi connectivity index (χ0) is 42.9. The molecule has 13 heteroatoms. The molecular formula is C45H47F3N4O5S. The van der Waals surface area contributed by atoms with Crippen molar-refractivity contribution in [2.75, 3.05) is 0 Å². The van der Waals surface area contributed by atoms with E-state index in [4.69, 9.17) is 4.42 Å². The lowest BCUT2D eigenvalue weighted by Gasteiger charge is -2.35. The van der Waals surface area contributed by atoms with Crippen LogP contribution in [0.5, 0.6) is 0 Å². The number of hydrogen-bond donors (Lipinski definition) is 2. The summed E-state index contributed by atoms with van der Waals surface area (Å²) in [4.78, 5) is 52.2. The highest BCUT2D eigenvalue weighted by Gasteiger charge is 2.33. The molecule has 6 aromatic rings. The third-order valence-corrected chi connectivity index (χ3v) is 9.94. The Morgan fingerprint density at radius 2 is 1.07 bits per heavy atom. The molecule has 6 rings (SSSR count). The molecule has 0 radical (unpaired) electrons. The van der Waals surface area contributed by atoms with Crippen LogP contribution in [0.1, 0.15) is 110 Å². The van der Waals surface area contributed by atoms with E-state index in [0.29, 0.717) is 26.8 Å². The maximum absolute atomic E-state index is 13.2. The number of hydrazine groups is 2. The van der Waals surface area contributed by atoms with Gasteiger partial charge in [-0.3, -0.25) is 30.0 Å². The average molecular weight is 813 g/mol. The Morgan fingerprint density at radius 1 is 0.586 bits per heavy atom. The topological polar surface area (TPSA) is 112 Å². The molecule has 0 bridgehead atoms. The number of nitrogens with zero attached hydrogens (tertiary/aromatic N) is 2. The average Bonchev–Trinajstić information content (AvgIpc) is 3.75. The van der Waals surface area contributed by atoms with Gasteiger partial charge in [0.25, 0.3) is 17.7 Å². The number of furan rings is 1. The quantitative estimate of drug-likeness (QED) is 0.172. The molecule has 4 amide bonds. The first-order chi connectivity index (χ1) is 26.9. The Bertz CT molecular complexity index is 2450. The van der Waals surface area contributed by atoms with Crippen LogP contribution in [-0.4, -0.2) is 44.7 Å². The molecule has 4 aromatic carbocycles. The largest absolute Gasteiger partial charge is 0.451 e. The minimum absolute atomic E-state index is 0.165. The number of amides is 4. The Balaban J connectivity index is 0.000000223. The van der Waals surface area contributed by atoms with Crippen molar-refractivity contribution in [3.05, 3.63) is 141 Å². The van der Waals surface area contributed by atoms with E-state index in [-0.39, 0.29) is 22.5 Å². The minimum atomic E-state index is -4.46. The first kappa shape index (κ1) is 43.2. The van der Waals surface area contributed by atoms with Crippen LogP contribution >= 0.6 is 11.3 Å². The van der Waals surface area contributed by atoms with Gasteiger partial charge in [0.15, 0.2) is 5.76 Å². The van der Waals surface area contributed by atoms with Crippen LogP contribution in [-0.2, 0) is 6.18 Å². The SMILES string of the molecule is Cc1cc(C)cc(C(=O)N(NC(=O)c2cc3cc(C(F)(F)F)ccc3s2)C(C)(C)C)c1.Cc1cc(C)cc(C(=O)N(NC(=O)c2cc3ccccc3o2)C(C)(C)C)c1. The molecular weight excluding hydrogens is 766 g/mol.